The summed E-state index contributed by atoms with van der Waals surface area (Å²) in [7, 11) is 0. The summed E-state index contributed by atoms with van der Waals surface area (Å²) in [6, 6.07) is 13.9. The SMILES string of the molecule is O=C(Nc1ccccc1F)N(CCCO)C1CCCc2ccccc21. The zero-order valence-electron chi connectivity index (χ0n) is 14.1. The normalized spacial score (nSPS) is 16.2. The van der Waals surface area contributed by atoms with Crippen molar-refractivity contribution in [1.29, 1.82) is 0 Å². The number of halogens is 1. The fraction of sp³-hybridized carbons (Fsp3) is 0.350. The Bertz CT molecular complexity index is 735. The van der Waals surface area contributed by atoms with E-state index in [1.165, 1.54) is 11.6 Å². The number of aliphatic hydroxyl groups excluding tert-OH is 1. The van der Waals surface area contributed by atoms with Crippen LogP contribution in [0.25, 0.3) is 0 Å². The van der Waals surface area contributed by atoms with Gasteiger partial charge in [-0.05, 0) is 48.9 Å². The van der Waals surface area contributed by atoms with Crippen molar-refractivity contribution >= 4 is 11.7 Å². The summed E-state index contributed by atoms with van der Waals surface area (Å²) in [5, 5.41) is 11.9. The van der Waals surface area contributed by atoms with Crippen LogP contribution in [0.1, 0.15) is 36.4 Å². The summed E-state index contributed by atoms with van der Waals surface area (Å²) in [5.74, 6) is -0.456. The van der Waals surface area contributed by atoms with Gasteiger partial charge in [-0.3, -0.25) is 0 Å². The summed E-state index contributed by atoms with van der Waals surface area (Å²) < 4.78 is 13.9. The lowest BCUT2D eigenvalue weighted by Gasteiger charge is -2.36. The molecule has 0 spiro atoms. The summed E-state index contributed by atoms with van der Waals surface area (Å²) in [4.78, 5) is 14.6. The number of anilines is 1. The van der Waals surface area contributed by atoms with Crippen molar-refractivity contribution in [2.45, 2.75) is 31.7 Å². The molecule has 0 saturated heterocycles. The Labute approximate surface area is 147 Å². The smallest absolute Gasteiger partial charge is 0.322 e. The number of urea groups is 1. The van der Waals surface area contributed by atoms with Crippen LogP contribution in [0.2, 0.25) is 0 Å². The van der Waals surface area contributed by atoms with E-state index in [0.29, 0.717) is 13.0 Å². The highest BCUT2D eigenvalue weighted by Gasteiger charge is 2.29. The van der Waals surface area contributed by atoms with Gasteiger partial charge in [0.2, 0.25) is 0 Å². The topological polar surface area (TPSA) is 52.6 Å². The van der Waals surface area contributed by atoms with Crippen LogP contribution in [0.4, 0.5) is 14.9 Å². The molecule has 0 aromatic heterocycles. The molecule has 1 aliphatic rings. The molecule has 2 aromatic rings. The zero-order valence-corrected chi connectivity index (χ0v) is 14.1. The number of carbonyl (C=O) groups excluding carboxylic acids is 1. The number of hydrogen-bond acceptors (Lipinski definition) is 2. The molecule has 5 heteroatoms. The molecule has 2 amide bonds. The van der Waals surface area contributed by atoms with Gasteiger partial charge < -0.3 is 15.3 Å². The molecule has 3 rings (SSSR count). The van der Waals surface area contributed by atoms with Gasteiger partial charge >= 0.3 is 6.03 Å². The Kier molecular flexibility index (Phi) is 5.66. The van der Waals surface area contributed by atoms with E-state index in [1.54, 1.807) is 23.1 Å². The van der Waals surface area contributed by atoms with Crippen molar-refractivity contribution in [3.05, 3.63) is 65.5 Å². The quantitative estimate of drug-likeness (QED) is 0.859. The molecule has 132 valence electrons. The molecule has 0 aliphatic heterocycles. The van der Waals surface area contributed by atoms with Gasteiger partial charge in [-0.1, -0.05) is 36.4 Å². The van der Waals surface area contributed by atoms with Crippen LogP contribution >= 0.6 is 0 Å². The Hall–Kier alpha value is -2.40. The van der Waals surface area contributed by atoms with Crippen LogP contribution in [0.3, 0.4) is 0 Å². The lowest BCUT2D eigenvalue weighted by atomic mass is 9.87. The fourth-order valence-electron chi connectivity index (χ4n) is 3.44. The lowest BCUT2D eigenvalue weighted by Crippen LogP contribution is -2.40. The number of fused-ring (bicyclic) bond motifs is 1. The maximum absolute atomic E-state index is 13.9. The van der Waals surface area contributed by atoms with Crippen molar-refractivity contribution < 1.29 is 14.3 Å². The van der Waals surface area contributed by atoms with E-state index >= 15 is 0 Å². The highest BCUT2D eigenvalue weighted by molar-refractivity contribution is 5.89. The van der Waals surface area contributed by atoms with E-state index in [9.17, 15) is 14.3 Å². The van der Waals surface area contributed by atoms with Crippen LogP contribution in [0.5, 0.6) is 0 Å². The monoisotopic (exact) mass is 342 g/mol. The summed E-state index contributed by atoms with van der Waals surface area (Å²) >= 11 is 0. The van der Waals surface area contributed by atoms with E-state index in [4.69, 9.17) is 0 Å². The largest absolute Gasteiger partial charge is 0.396 e. The minimum Gasteiger partial charge on any atom is -0.396 e. The van der Waals surface area contributed by atoms with E-state index in [1.807, 2.05) is 12.1 Å². The maximum Gasteiger partial charge on any atom is 0.322 e. The molecule has 1 aliphatic carbocycles. The molecule has 0 radical (unpaired) electrons. The van der Waals surface area contributed by atoms with E-state index < -0.39 is 5.82 Å². The second-order valence-corrected chi connectivity index (χ2v) is 6.29. The number of amides is 2. The molecule has 0 heterocycles. The van der Waals surface area contributed by atoms with E-state index in [-0.39, 0.29) is 24.4 Å². The molecule has 0 fully saturated rings. The zero-order chi connectivity index (χ0) is 17.6. The third-order valence-electron chi connectivity index (χ3n) is 4.65. The summed E-state index contributed by atoms with van der Waals surface area (Å²) in [6.45, 7) is 0.438. The lowest BCUT2D eigenvalue weighted by molar-refractivity contribution is 0.169. The number of aliphatic hydroxyl groups is 1. The van der Waals surface area contributed by atoms with Gasteiger partial charge in [-0.2, -0.15) is 0 Å². The Morgan fingerprint density at radius 3 is 2.76 bits per heavy atom. The standard InChI is InChI=1S/C20H23FN2O2/c21-17-10-3-4-11-18(17)22-20(25)23(13-6-14-24)19-12-5-8-15-7-1-2-9-16(15)19/h1-4,7,9-11,19,24H,5-6,8,12-14H2,(H,22,25). The van der Waals surface area contributed by atoms with Crippen LogP contribution in [-0.4, -0.2) is 29.2 Å². The number of nitrogens with zero attached hydrogens (tertiary/aromatic N) is 1. The molecular weight excluding hydrogens is 319 g/mol. The second-order valence-electron chi connectivity index (χ2n) is 6.29. The summed E-state index contributed by atoms with van der Waals surface area (Å²) in [6.07, 6.45) is 3.37. The molecular formula is C20H23FN2O2. The number of rotatable bonds is 5. The van der Waals surface area contributed by atoms with Crippen molar-refractivity contribution in [2.24, 2.45) is 0 Å². The van der Waals surface area contributed by atoms with Crippen molar-refractivity contribution in [2.75, 3.05) is 18.5 Å². The molecule has 0 saturated carbocycles. The average Bonchev–Trinajstić information content (AvgIpc) is 2.64. The highest BCUT2D eigenvalue weighted by Crippen LogP contribution is 2.34. The van der Waals surface area contributed by atoms with Gasteiger partial charge in [0, 0.05) is 13.2 Å². The Morgan fingerprint density at radius 1 is 1.20 bits per heavy atom. The predicted molar refractivity (Wildman–Crippen MR) is 95.9 cm³/mol. The minimum absolute atomic E-state index is 0.0118. The Morgan fingerprint density at radius 2 is 1.96 bits per heavy atom. The van der Waals surface area contributed by atoms with Gasteiger partial charge in [0.05, 0.1) is 11.7 Å². The van der Waals surface area contributed by atoms with Gasteiger partial charge in [-0.15, -0.1) is 0 Å². The third kappa shape index (κ3) is 3.99. The fourth-order valence-corrected chi connectivity index (χ4v) is 3.44. The van der Waals surface area contributed by atoms with Crippen molar-refractivity contribution in [3.8, 4) is 0 Å². The van der Waals surface area contributed by atoms with Gasteiger partial charge in [0.25, 0.3) is 0 Å². The number of nitrogens with one attached hydrogen (secondary N) is 1. The van der Waals surface area contributed by atoms with Gasteiger partial charge in [0.1, 0.15) is 5.82 Å². The van der Waals surface area contributed by atoms with E-state index in [2.05, 4.69) is 17.4 Å². The maximum atomic E-state index is 13.9. The number of hydrogen-bond donors (Lipinski definition) is 2. The third-order valence-corrected chi connectivity index (χ3v) is 4.65. The predicted octanol–water partition coefficient (Wildman–Crippen LogP) is 4.12. The van der Waals surface area contributed by atoms with Crippen molar-refractivity contribution in [1.82, 2.24) is 4.90 Å². The molecule has 25 heavy (non-hydrogen) atoms. The highest BCUT2D eigenvalue weighted by atomic mass is 19.1. The first-order valence-corrected chi connectivity index (χ1v) is 8.71. The number of para-hydroxylation sites is 1. The molecule has 1 atom stereocenters. The van der Waals surface area contributed by atoms with Crippen molar-refractivity contribution in [3.63, 3.8) is 0 Å². The molecule has 2 aromatic carbocycles. The molecule has 4 nitrogen and oxygen atoms in total. The molecule has 0 bridgehead atoms. The first kappa shape index (κ1) is 17.4. The first-order chi connectivity index (χ1) is 12.2. The van der Waals surface area contributed by atoms with Gasteiger partial charge in [-0.25, -0.2) is 9.18 Å². The second kappa shape index (κ2) is 8.12. The molecule has 1 unspecified atom stereocenters. The first-order valence-electron chi connectivity index (χ1n) is 8.71. The van der Waals surface area contributed by atoms with E-state index in [0.717, 1.165) is 24.8 Å². The average molecular weight is 342 g/mol. The number of benzene rings is 2. The number of carbonyl (C=O) groups is 1. The van der Waals surface area contributed by atoms with Crippen LogP contribution < -0.4 is 5.32 Å². The van der Waals surface area contributed by atoms with Gasteiger partial charge in [0.15, 0.2) is 0 Å². The van der Waals surface area contributed by atoms with Crippen LogP contribution in [0, 0.1) is 5.82 Å². The van der Waals surface area contributed by atoms with Crippen LogP contribution in [-0.2, 0) is 6.42 Å². The van der Waals surface area contributed by atoms with Crippen LogP contribution in [0.15, 0.2) is 48.5 Å². The Balaban J connectivity index is 1.85. The minimum atomic E-state index is -0.456. The summed E-state index contributed by atoms with van der Waals surface area (Å²) in [5.41, 5.74) is 2.58. The molecule has 2 N–H and O–H groups in total. The number of aryl methyl sites for hydroxylation is 1.